The molecule has 4 aromatic rings. The fourth-order valence-corrected chi connectivity index (χ4v) is 4.54. The van der Waals surface area contributed by atoms with Crippen LogP contribution in [-0.4, -0.2) is 40.3 Å². The summed E-state index contributed by atoms with van der Waals surface area (Å²) in [6, 6.07) is 21.3. The molecule has 35 heavy (non-hydrogen) atoms. The molecule has 3 aromatic carbocycles. The van der Waals surface area contributed by atoms with Gasteiger partial charge in [-0.2, -0.15) is 0 Å². The number of amides is 1. The molecule has 0 saturated heterocycles. The van der Waals surface area contributed by atoms with E-state index in [0.717, 1.165) is 28.0 Å². The number of hydrogen-bond acceptors (Lipinski definition) is 7. The van der Waals surface area contributed by atoms with E-state index in [4.69, 9.17) is 14.2 Å². The Balaban J connectivity index is 1.31. The molecule has 0 atom stereocenters. The minimum atomic E-state index is -0.0897. The molecule has 0 unspecified atom stereocenters. The Morgan fingerprint density at radius 2 is 1.80 bits per heavy atom. The largest absolute Gasteiger partial charge is 0.497 e. The third-order valence-electron chi connectivity index (χ3n) is 5.49. The lowest BCUT2D eigenvalue weighted by Gasteiger charge is -2.11. The van der Waals surface area contributed by atoms with Crippen molar-refractivity contribution in [2.24, 2.45) is 0 Å². The van der Waals surface area contributed by atoms with Gasteiger partial charge in [0.25, 0.3) is 0 Å². The maximum atomic E-state index is 12.5. The first-order valence-corrected chi connectivity index (χ1v) is 12.1. The van der Waals surface area contributed by atoms with Gasteiger partial charge in [0.2, 0.25) is 12.7 Å². The molecule has 0 aliphatic carbocycles. The van der Waals surface area contributed by atoms with E-state index in [1.165, 1.54) is 17.3 Å². The highest BCUT2D eigenvalue weighted by Gasteiger charge is 2.18. The van der Waals surface area contributed by atoms with Crippen LogP contribution in [0.15, 0.2) is 71.9 Å². The van der Waals surface area contributed by atoms with Gasteiger partial charge in [0.1, 0.15) is 5.75 Å². The van der Waals surface area contributed by atoms with Crippen molar-refractivity contribution in [3.63, 3.8) is 0 Å². The first-order chi connectivity index (χ1) is 17.1. The zero-order valence-electron chi connectivity index (χ0n) is 19.4. The lowest BCUT2D eigenvalue weighted by Crippen LogP contribution is -2.12. The number of ether oxygens (including phenoxy) is 3. The Labute approximate surface area is 207 Å². The highest BCUT2D eigenvalue weighted by molar-refractivity contribution is 7.99. The van der Waals surface area contributed by atoms with E-state index < -0.39 is 0 Å². The van der Waals surface area contributed by atoms with Gasteiger partial charge in [-0.1, -0.05) is 29.5 Å². The minimum Gasteiger partial charge on any atom is -0.497 e. The van der Waals surface area contributed by atoms with E-state index in [0.29, 0.717) is 29.4 Å². The average molecular weight is 489 g/mol. The summed E-state index contributed by atoms with van der Waals surface area (Å²) < 4.78 is 18.0. The molecule has 0 fully saturated rings. The predicted octanol–water partition coefficient (Wildman–Crippen LogP) is 5.10. The maximum absolute atomic E-state index is 12.5. The molecule has 1 amide bonds. The quantitative estimate of drug-likeness (QED) is 0.345. The molecule has 9 heteroatoms. The number of nitrogens with one attached hydrogen (secondary N) is 1. The second-order valence-corrected chi connectivity index (χ2v) is 8.98. The lowest BCUT2D eigenvalue weighted by molar-refractivity contribution is -0.115. The number of aryl methyl sites for hydroxylation is 1. The van der Waals surface area contributed by atoms with E-state index in [1.807, 2.05) is 41.0 Å². The zero-order chi connectivity index (χ0) is 24.2. The average Bonchev–Trinajstić information content (AvgIpc) is 3.51. The Morgan fingerprint density at radius 1 is 1.03 bits per heavy atom. The van der Waals surface area contributed by atoms with Gasteiger partial charge < -0.3 is 19.5 Å². The number of carbonyl (C=O) groups excluding carboxylic acids is 1. The number of aromatic nitrogens is 3. The molecule has 1 N–H and O–H groups in total. The van der Waals surface area contributed by atoms with Crippen molar-refractivity contribution >= 4 is 23.4 Å². The van der Waals surface area contributed by atoms with Crippen molar-refractivity contribution in [1.29, 1.82) is 0 Å². The summed E-state index contributed by atoms with van der Waals surface area (Å²) in [5.74, 6) is 3.27. The predicted molar refractivity (Wildman–Crippen MR) is 135 cm³/mol. The highest BCUT2D eigenvalue weighted by Crippen LogP contribution is 2.34. The van der Waals surface area contributed by atoms with Crippen molar-refractivity contribution < 1.29 is 19.0 Å². The van der Waals surface area contributed by atoms with Crippen LogP contribution in [0.5, 0.6) is 17.2 Å². The van der Waals surface area contributed by atoms with E-state index in [2.05, 4.69) is 34.6 Å². The number of nitrogens with zero attached hydrogens (tertiary/aromatic N) is 3. The highest BCUT2D eigenvalue weighted by atomic mass is 32.2. The van der Waals surface area contributed by atoms with Crippen LogP contribution in [0.1, 0.15) is 12.0 Å². The maximum Gasteiger partial charge on any atom is 0.231 e. The van der Waals surface area contributed by atoms with Crippen LogP contribution in [0.3, 0.4) is 0 Å². The number of anilines is 1. The Kier molecular flexibility index (Phi) is 6.58. The standard InChI is InChI=1S/C26H24N4O4S/c1-17-3-8-20(9-4-17)30-25(18-5-10-21(32-2)11-6-18)28-29-26(30)35-14-13-24(31)27-19-7-12-22-23(15-19)34-16-33-22/h3-12,15H,13-14,16H2,1-2H3,(H,27,31). The number of methoxy groups -OCH3 is 1. The van der Waals surface area contributed by atoms with Crippen LogP contribution in [0.4, 0.5) is 5.69 Å². The molecule has 178 valence electrons. The van der Waals surface area contributed by atoms with E-state index in [9.17, 15) is 4.79 Å². The lowest BCUT2D eigenvalue weighted by atomic mass is 10.2. The van der Waals surface area contributed by atoms with Crippen molar-refractivity contribution in [3.8, 4) is 34.3 Å². The summed E-state index contributed by atoms with van der Waals surface area (Å²) >= 11 is 1.49. The van der Waals surface area contributed by atoms with Crippen molar-refractivity contribution in [2.75, 3.05) is 25.0 Å². The van der Waals surface area contributed by atoms with Crippen molar-refractivity contribution in [3.05, 3.63) is 72.3 Å². The number of benzene rings is 3. The number of hydrogen-bond donors (Lipinski definition) is 1. The van der Waals surface area contributed by atoms with E-state index in [1.54, 1.807) is 25.3 Å². The summed E-state index contributed by atoms with van der Waals surface area (Å²) in [7, 11) is 1.64. The van der Waals surface area contributed by atoms with E-state index in [-0.39, 0.29) is 12.7 Å². The monoisotopic (exact) mass is 488 g/mol. The third kappa shape index (κ3) is 5.09. The van der Waals surface area contributed by atoms with Gasteiger partial charge in [0.15, 0.2) is 22.5 Å². The second kappa shape index (κ2) is 10.1. The van der Waals surface area contributed by atoms with Gasteiger partial charge in [-0.15, -0.1) is 10.2 Å². The zero-order valence-corrected chi connectivity index (χ0v) is 20.2. The normalized spacial score (nSPS) is 11.9. The fraction of sp³-hybridized carbons (Fsp3) is 0.192. The number of thioether (sulfide) groups is 1. The van der Waals surface area contributed by atoms with E-state index >= 15 is 0 Å². The first-order valence-electron chi connectivity index (χ1n) is 11.1. The first kappa shape index (κ1) is 22.8. The second-order valence-electron chi connectivity index (χ2n) is 7.92. The molecule has 0 spiro atoms. The molecule has 2 heterocycles. The van der Waals surface area contributed by atoms with Gasteiger partial charge in [-0.05, 0) is 55.5 Å². The van der Waals surface area contributed by atoms with Crippen LogP contribution < -0.4 is 19.5 Å². The van der Waals surface area contributed by atoms with Gasteiger partial charge in [0, 0.05) is 35.2 Å². The Bertz CT molecular complexity index is 1340. The van der Waals surface area contributed by atoms with Crippen molar-refractivity contribution in [2.45, 2.75) is 18.5 Å². The molecule has 0 radical (unpaired) electrons. The fourth-order valence-electron chi connectivity index (χ4n) is 3.65. The molecular weight excluding hydrogens is 464 g/mol. The molecule has 1 aromatic heterocycles. The van der Waals surface area contributed by atoms with Crippen LogP contribution in [0.2, 0.25) is 0 Å². The molecule has 8 nitrogen and oxygen atoms in total. The molecule has 1 aliphatic heterocycles. The summed E-state index contributed by atoms with van der Waals surface area (Å²) in [5.41, 5.74) is 3.72. The summed E-state index contributed by atoms with van der Waals surface area (Å²) in [4.78, 5) is 12.5. The molecule has 5 rings (SSSR count). The summed E-state index contributed by atoms with van der Waals surface area (Å²) in [6.45, 7) is 2.25. The molecule has 0 saturated carbocycles. The third-order valence-corrected chi connectivity index (χ3v) is 6.42. The smallest absolute Gasteiger partial charge is 0.231 e. The number of carbonyl (C=O) groups is 1. The van der Waals surface area contributed by atoms with Gasteiger partial charge in [-0.3, -0.25) is 9.36 Å². The van der Waals surface area contributed by atoms with Gasteiger partial charge in [-0.25, -0.2) is 0 Å². The minimum absolute atomic E-state index is 0.0897. The van der Waals surface area contributed by atoms with Crippen LogP contribution in [0.25, 0.3) is 17.1 Å². The number of fused-ring (bicyclic) bond motifs is 1. The van der Waals surface area contributed by atoms with Gasteiger partial charge in [0.05, 0.1) is 7.11 Å². The molecule has 0 bridgehead atoms. The van der Waals surface area contributed by atoms with Crippen LogP contribution >= 0.6 is 11.8 Å². The Hall–Kier alpha value is -3.98. The summed E-state index contributed by atoms with van der Waals surface area (Å²) in [6.07, 6.45) is 0.317. The SMILES string of the molecule is COc1ccc(-c2nnc(SCCC(=O)Nc3ccc4c(c3)OCO4)n2-c2ccc(C)cc2)cc1. The van der Waals surface area contributed by atoms with Crippen molar-refractivity contribution in [1.82, 2.24) is 14.8 Å². The van der Waals surface area contributed by atoms with Crippen LogP contribution in [0, 0.1) is 6.92 Å². The number of rotatable bonds is 8. The molecule has 1 aliphatic rings. The Morgan fingerprint density at radius 3 is 2.57 bits per heavy atom. The van der Waals surface area contributed by atoms with Gasteiger partial charge >= 0.3 is 0 Å². The molecular formula is C26H24N4O4S. The van der Waals surface area contributed by atoms with Crippen LogP contribution in [-0.2, 0) is 4.79 Å². The summed E-state index contributed by atoms with van der Waals surface area (Å²) in [5, 5.41) is 12.5. The topological polar surface area (TPSA) is 87.5 Å².